The number of fused-ring (bicyclic) bond motifs is 1. The maximum absolute atomic E-state index is 12.8. The van der Waals surface area contributed by atoms with Gasteiger partial charge in [0.05, 0.1) is 22.2 Å². The van der Waals surface area contributed by atoms with Crippen molar-refractivity contribution in [3.05, 3.63) is 69.3 Å². The first kappa shape index (κ1) is 22.7. The number of carbonyl (C=O) groups is 1. The molecule has 0 aliphatic rings. The van der Waals surface area contributed by atoms with Crippen LogP contribution >= 0.6 is 0 Å². The number of hydrogen-bond acceptors (Lipinski definition) is 7. The highest BCUT2D eigenvalue weighted by Gasteiger charge is 2.15. The first-order chi connectivity index (χ1) is 15.1. The molecule has 168 valence electrons. The second-order valence-electron chi connectivity index (χ2n) is 8.06. The summed E-state index contributed by atoms with van der Waals surface area (Å²) in [5.74, 6) is 0.821. The van der Waals surface area contributed by atoms with Gasteiger partial charge in [0.25, 0.3) is 11.2 Å². The summed E-state index contributed by atoms with van der Waals surface area (Å²) in [6.45, 7) is 6.07. The number of alkyl carbamates (subject to hydrolysis) is 1. The maximum Gasteiger partial charge on any atom is 0.407 e. The van der Waals surface area contributed by atoms with E-state index in [1.165, 1.54) is 35.2 Å². The van der Waals surface area contributed by atoms with E-state index >= 15 is 0 Å². The van der Waals surface area contributed by atoms with Gasteiger partial charge in [-0.1, -0.05) is 0 Å². The van der Waals surface area contributed by atoms with Gasteiger partial charge in [-0.2, -0.15) is 0 Å². The molecule has 0 bridgehead atoms. The lowest BCUT2D eigenvalue weighted by atomic mass is 10.2. The highest BCUT2D eigenvalue weighted by molar-refractivity contribution is 5.79. The van der Waals surface area contributed by atoms with Crippen LogP contribution in [0.15, 0.2) is 53.6 Å². The zero-order chi connectivity index (χ0) is 23.3. The number of aromatic nitrogens is 2. The second-order valence-corrected chi connectivity index (χ2v) is 8.06. The van der Waals surface area contributed by atoms with Crippen LogP contribution < -0.4 is 15.6 Å². The molecular weight excluding hydrogens is 416 g/mol. The molecule has 10 heteroatoms. The van der Waals surface area contributed by atoms with E-state index in [1.807, 2.05) is 0 Å². The van der Waals surface area contributed by atoms with Crippen LogP contribution in [0.3, 0.4) is 0 Å². The predicted molar refractivity (Wildman–Crippen MR) is 118 cm³/mol. The second kappa shape index (κ2) is 9.46. The highest BCUT2D eigenvalue weighted by Crippen LogP contribution is 2.25. The van der Waals surface area contributed by atoms with Crippen LogP contribution in [-0.4, -0.2) is 32.7 Å². The van der Waals surface area contributed by atoms with Crippen molar-refractivity contribution in [1.29, 1.82) is 0 Å². The van der Waals surface area contributed by atoms with Gasteiger partial charge in [-0.25, -0.2) is 9.78 Å². The highest BCUT2D eigenvalue weighted by atomic mass is 16.6. The topological polar surface area (TPSA) is 126 Å². The average molecular weight is 440 g/mol. The van der Waals surface area contributed by atoms with Crippen LogP contribution in [0, 0.1) is 10.1 Å². The molecule has 2 aromatic carbocycles. The molecule has 0 saturated heterocycles. The van der Waals surface area contributed by atoms with Crippen LogP contribution in [0.1, 0.15) is 27.2 Å². The van der Waals surface area contributed by atoms with E-state index in [2.05, 4.69) is 10.3 Å². The predicted octanol–water partition coefficient (Wildman–Crippen LogP) is 4.01. The Labute approximate surface area is 183 Å². The molecule has 0 fully saturated rings. The molecule has 0 aliphatic carbocycles. The Morgan fingerprint density at radius 1 is 1.16 bits per heavy atom. The zero-order valence-corrected chi connectivity index (χ0v) is 18.0. The summed E-state index contributed by atoms with van der Waals surface area (Å²) >= 11 is 0. The van der Waals surface area contributed by atoms with Gasteiger partial charge in [0, 0.05) is 25.2 Å². The van der Waals surface area contributed by atoms with Gasteiger partial charge in [0.15, 0.2) is 0 Å². The number of hydrogen-bond donors (Lipinski definition) is 1. The number of nitro benzene ring substituents is 1. The Bertz CT molecular complexity index is 1180. The fourth-order valence-electron chi connectivity index (χ4n) is 2.89. The van der Waals surface area contributed by atoms with E-state index in [0.717, 1.165) is 0 Å². The lowest BCUT2D eigenvalue weighted by Gasteiger charge is -2.19. The van der Waals surface area contributed by atoms with Gasteiger partial charge in [0.1, 0.15) is 17.1 Å². The van der Waals surface area contributed by atoms with E-state index < -0.39 is 16.6 Å². The number of rotatable bonds is 7. The Hall–Kier alpha value is -3.95. The summed E-state index contributed by atoms with van der Waals surface area (Å²) in [5, 5.41) is 13.8. The minimum atomic E-state index is -0.572. The van der Waals surface area contributed by atoms with Gasteiger partial charge in [-0.05, 0) is 57.5 Å². The van der Waals surface area contributed by atoms with Crippen molar-refractivity contribution in [1.82, 2.24) is 14.9 Å². The number of amides is 1. The summed E-state index contributed by atoms with van der Waals surface area (Å²) in [4.78, 5) is 39.1. The zero-order valence-electron chi connectivity index (χ0n) is 18.0. The van der Waals surface area contributed by atoms with Crippen molar-refractivity contribution in [2.45, 2.75) is 39.3 Å². The van der Waals surface area contributed by atoms with Crippen molar-refractivity contribution in [3.8, 4) is 11.5 Å². The minimum Gasteiger partial charge on any atom is -0.457 e. The molecule has 1 amide bonds. The minimum absolute atomic E-state index is 0.0379. The monoisotopic (exact) mass is 440 g/mol. The number of aryl methyl sites for hydroxylation is 1. The fraction of sp³-hybridized carbons (Fsp3) is 0.318. The molecule has 10 nitrogen and oxygen atoms in total. The number of nitro groups is 1. The fourth-order valence-corrected chi connectivity index (χ4v) is 2.89. The Morgan fingerprint density at radius 2 is 1.84 bits per heavy atom. The van der Waals surface area contributed by atoms with Crippen LogP contribution in [-0.2, 0) is 11.3 Å². The Balaban J connectivity index is 1.67. The lowest BCUT2D eigenvalue weighted by molar-refractivity contribution is -0.384. The van der Waals surface area contributed by atoms with Gasteiger partial charge >= 0.3 is 6.09 Å². The summed E-state index contributed by atoms with van der Waals surface area (Å²) < 4.78 is 12.4. The molecule has 0 atom stereocenters. The maximum atomic E-state index is 12.8. The lowest BCUT2D eigenvalue weighted by Crippen LogP contribution is -2.33. The third-order valence-electron chi connectivity index (χ3n) is 4.32. The molecule has 1 N–H and O–H groups in total. The van der Waals surface area contributed by atoms with Crippen LogP contribution in [0.4, 0.5) is 10.5 Å². The first-order valence-corrected chi connectivity index (χ1v) is 10.0. The third-order valence-corrected chi connectivity index (χ3v) is 4.32. The summed E-state index contributed by atoms with van der Waals surface area (Å²) in [6.07, 6.45) is 1.48. The van der Waals surface area contributed by atoms with Gasteiger partial charge < -0.3 is 14.8 Å². The standard InChI is InChI=1S/C22H24N4O6/c1-22(2,3)32-21(28)23-11-4-12-25-14-24-19-10-9-17(13-18(19)20(25)27)31-16-7-5-15(6-8-16)26(29)30/h5-10,13-14H,4,11-12H2,1-3H3,(H,23,28). The molecule has 0 radical (unpaired) electrons. The molecule has 0 unspecified atom stereocenters. The van der Waals surface area contributed by atoms with Gasteiger partial charge in [-0.15, -0.1) is 0 Å². The Morgan fingerprint density at radius 3 is 2.50 bits per heavy atom. The quantitative estimate of drug-likeness (QED) is 0.334. The average Bonchev–Trinajstić information content (AvgIpc) is 2.72. The molecule has 3 aromatic rings. The number of carbonyl (C=O) groups excluding carboxylic acids is 1. The summed E-state index contributed by atoms with van der Waals surface area (Å²) in [7, 11) is 0. The first-order valence-electron chi connectivity index (χ1n) is 10.0. The van der Waals surface area contributed by atoms with E-state index in [-0.39, 0.29) is 11.2 Å². The van der Waals surface area contributed by atoms with E-state index in [4.69, 9.17) is 9.47 Å². The van der Waals surface area contributed by atoms with Crippen molar-refractivity contribution < 1.29 is 19.2 Å². The van der Waals surface area contributed by atoms with Crippen molar-refractivity contribution >= 4 is 22.7 Å². The Kier molecular flexibility index (Phi) is 6.72. The largest absolute Gasteiger partial charge is 0.457 e. The SMILES string of the molecule is CC(C)(C)OC(=O)NCCCn1cnc2ccc(Oc3ccc([N+](=O)[O-])cc3)cc2c1=O. The van der Waals surface area contributed by atoms with Crippen LogP contribution in [0.25, 0.3) is 10.9 Å². The molecular formula is C22H24N4O6. The summed E-state index contributed by atoms with van der Waals surface area (Å²) in [6, 6.07) is 10.6. The number of ether oxygens (including phenoxy) is 2. The molecule has 3 rings (SSSR count). The van der Waals surface area contributed by atoms with Crippen LogP contribution in [0.2, 0.25) is 0 Å². The summed E-state index contributed by atoms with van der Waals surface area (Å²) in [5.41, 5.74) is -0.322. The molecule has 1 heterocycles. The molecule has 0 saturated carbocycles. The van der Waals surface area contributed by atoms with Gasteiger partial charge in [0.2, 0.25) is 0 Å². The van der Waals surface area contributed by atoms with E-state index in [1.54, 1.807) is 39.0 Å². The van der Waals surface area contributed by atoms with Crippen LogP contribution in [0.5, 0.6) is 11.5 Å². The number of nitrogens with one attached hydrogen (secondary N) is 1. The van der Waals surface area contributed by atoms with Crippen molar-refractivity contribution in [2.24, 2.45) is 0 Å². The molecule has 0 aliphatic heterocycles. The normalized spacial score (nSPS) is 11.2. The number of nitrogens with zero attached hydrogens (tertiary/aromatic N) is 3. The van der Waals surface area contributed by atoms with Crippen molar-refractivity contribution in [2.75, 3.05) is 6.54 Å². The molecule has 0 spiro atoms. The number of non-ortho nitro benzene ring substituents is 1. The molecule has 1 aromatic heterocycles. The third kappa shape index (κ3) is 6.03. The van der Waals surface area contributed by atoms with E-state index in [0.29, 0.717) is 41.9 Å². The molecule has 32 heavy (non-hydrogen) atoms. The number of benzene rings is 2. The van der Waals surface area contributed by atoms with Gasteiger partial charge in [-0.3, -0.25) is 19.5 Å². The van der Waals surface area contributed by atoms with Crippen molar-refractivity contribution in [3.63, 3.8) is 0 Å². The smallest absolute Gasteiger partial charge is 0.407 e. The van der Waals surface area contributed by atoms with E-state index in [9.17, 15) is 19.7 Å².